The van der Waals surface area contributed by atoms with Gasteiger partial charge < -0.3 is 14.7 Å². The molecule has 0 spiro atoms. The van der Waals surface area contributed by atoms with E-state index in [0.29, 0.717) is 6.42 Å². The fraction of sp³-hybridized carbons (Fsp3) is 0.571. The summed E-state index contributed by atoms with van der Waals surface area (Å²) in [6.07, 6.45) is 1.20. The third-order valence-corrected chi connectivity index (χ3v) is 3.29. The maximum absolute atomic E-state index is 12.8. The van der Waals surface area contributed by atoms with E-state index in [2.05, 4.69) is 4.90 Å². The number of aliphatic hydroxyl groups excluding tert-OH is 1. The molecule has 0 bridgehead atoms. The predicted molar refractivity (Wildman–Crippen MR) is 67.9 cm³/mol. The summed E-state index contributed by atoms with van der Waals surface area (Å²) in [6, 6.07) is 6.06. The molecule has 1 aromatic carbocycles. The Kier molecular flexibility index (Phi) is 5.11. The van der Waals surface area contributed by atoms with Gasteiger partial charge in [-0.05, 0) is 30.5 Å². The van der Waals surface area contributed by atoms with Crippen molar-refractivity contribution >= 4 is 0 Å². The van der Waals surface area contributed by atoms with Crippen molar-refractivity contribution in [1.29, 1.82) is 0 Å². The second-order valence-corrected chi connectivity index (χ2v) is 4.66. The van der Waals surface area contributed by atoms with Crippen LogP contribution in [-0.2, 0) is 4.74 Å². The van der Waals surface area contributed by atoms with Crippen LogP contribution in [0.3, 0.4) is 0 Å². The lowest BCUT2D eigenvalue weighted by molar-refractivity contribution is 0.126. The molecule has 100 valence electrons. The molecule has 1 fully saturated rings. The molecule has 1 aromatic rings. The molecule has 1 aliphatic heterocycles. The van der Waals surface area contributed by atoms with Crippen LogP contribution in [0.15, 0.2) is 24.3 Å². The first-order chi connectivity index (χ1) is 8.75. The van der Waals surface area contributed by atoms with Crippen molar-refractivity contribution in [1.82, 2.24) is 4.90 Å². The average Bonchev–Trinajstić information content (AvgIpc) is 2.65. The average molecular weight is 253 g/mol. The fourth-order valence-corrected chi connectivity index (χ4v) is 2.18. The molecule has 2 rings (SSSR count). The molecule has 0 radical (unpaired) electrons. The number of aliphatic hydroxyl groups is 1. The summed E-state index contributed by atoms with van der Waals surface area (Å²) in [5.74, 6) is -0.268. The molecule has 1 heterocycles. The zero-order valence-corrected chi connectivity index (χ0v) is 10.5. The van der Waals surface area contributed by atoms with Crippen LogP contribution >= 0.6 is 0 Å². The van der Waals surface area contributed by atoms with E-state index >= 15 is 0 Å². The lowest BCUT2D eigenvalue weighted by Gasteiger charge is -2.21. The van der Waals surface area contributed by atoms with Crippen molar-refractivity contribution in [2.75, 3.05) is 32.8 Å². The van der Waals surface area contributed by atoms with Gasteiger partial charge in [0.25, 0.3) is 0 Å². The molecule has 18 heavy (non-hydrogen) atoms. The van der Waals surface area contributed by atoms with E-state index in [0.717, 1.165) is 44.8 Å². The molecule has 3 nitrogen and oxygen atoms in total. The Labute approximate surface area is 107 Å². The van der Waals surface area contributed by atoms with Gasteiger partial charge in [0, 0.05) is 26.2 Å². The summed E-state index contributed by atoms with van der Waals surface area (Å²) < 4.78 is 18.2. The van der Waals surface area contributed by atoms with Crippen LogP contribution in [0.5, 0.6) is 0 Å². The first-order valence-corrected chi connectivity index (χ1v) is 6.49. The Hall–Kier alpha value is -0.970. The number of ether oxygens (including phenoxy) is 1. The largest absolute Gasteiger partial charge is 0.388 e. The second kappa shape index (κ2) is 6.83. The van der Waals surface area contributed by atoms with Crippen molar-refractivity contribution < 1.29 is 14.2 Å². The molecular formula is C14H20FNO2. The van der Waals surface area contributed by atoms with Gasteiger partial charge in [-0.3, -0.25) is 0 Å². The molecule has 1 unspecified atom stereocenters. The van der Waals surface area contributed by atoms with Crippen molar-refractivity contribution in [2.45, 2.75) is 18.9 Å². The smallest absolute Gasteiger partial charge is 0.123 e. The minimum atomic E-state index is -0.519. The van der Waals surface area contributed by atoms with Crippen molar-refractivity contribution in [3.8, 4) is 0 Å². The highest BCUT2D eigenvalue weighted by atomic mass is 19.1. The van der Waals surface area contributed by atoms with E-state index in [-0.39, 0.29) is 5.82 Å². The normalized spacial score (nSPS) is 19.4. The van der Waals surface area contributed by atoms with Gasteiger partial charge in [-0.1, -0.05) is 12.1 Å². The molecule has 1 atom stereocenters. The van der Waals surface area contributed by atoms with E-state index in [1.807, 2.05) is 0 Å². The highest BCUT2D eigenvalue weighted by Gasteiger charge is 2.12. The van der Waals surface area contributed by atoms with E-state index < -0.39 is 6.10 Å². The maximum atomic E-state index is 12.8. The second-order valence-electron chi connectivity index (χ2n) is 4.66. The number of halogens is 1. The lowest BCUT2D eigenvalue weighted by Crippen LogP contribution is -2.28. The number of nitrogens with zero attached hydrogens (tertiary/aromatic N) is 1. The van der Waals surface area contributed by atoms with Gasteiger partial charge >= 0.3 is 0 Å². The van der Waals surface area contributed by atoms with Gasteiger partial charge in [-0.15, -0.1) is 0 Å². The number of benzene rings is 1. The van der Waals surface area contributed by atoms with Crippen molar-refractivity contribution in [2.24, 2.45) is 0 Å². The van der Waals surface area contributed by atoms with Gasteiger partial charge in [0.1, 0.15) is 5.82 Å². The van der Waals surface area contributed by atoms with E-state index in [1.54, 1.807) is 12.1 Å². The third-order valence-electron chi connectivity index (χ3n) is 3.29. The lowest BCUT2D eigenvalue weighted by atomic mass is 10.1. The monoisotopic (exact) mass is 253 g/mol. The molecule has 0 aliphatic carbocycles. The minimum absolute atomic E-state index is 0.268. The molecule has 1 N–H and O–H groups in total. The number of hydrogen-bond donors (Lipinski definition) is 1. The van der Waals surface area contributed by atoms with Gasteiger partial charge in [-0.25, -0.2) is 4.39 Å². The molecule has 1 aliphatic rings. The molecule has 0 amide bonds. The fourth-order valence-electron chi connectivity index (χ4n) is 2.18. The molecule has 0 saturated carbocycles. The molecule has 1 saturated heterocycles. The van der Waals surface area contributed by atoms with Crippen molar-refractivity contribution in [3.05, 3.63) is 35.6 Å². The summed E-state index contributed by atoms with van der Waals surface area (Å²) in [7, 11) is 0. The van der Waals surface area contributed by atoms with Gasteiger partial charge in [-0.2, -0.15) is 0 Å². The number of hydrogen-bond acceptors (Lipinski definition) is 3. The summed E-state index contributed by atoms with van der Waals surface area (Å²) in [4.78, 5) is 2.31. The maximum Gasteiger partial charge on any atom is 0.123 e. The Morgan fingerprint density at radius 2 is 2.00 bits per heavy atom. The van der Waals surface area contributed by atoms with Crippen LogP contribution < -0.4 is 0 Å². The van der Waals surface area contributed by atoms with Crippen LogP contribution in [0.25, 0.3) is 0 Å². The van der Waals surface area contributed by atoms with Crippen LogP contribution in [0, 0.1) is 5.82 Å². The van der Waals surface area contributed by atoms with Crippen LogP contribution in [-0.4, -0.2) is 42.9 Å². The standard InChI is InChI=1S/C14H20FNO2/c15-13-4-2-12(3-5-13)14(17)6-8-16-7-1-10-18-11-9-16/h2-5,14,17H,1,6-11H2. The van der Waals surface area contributed by atoms with Gasteiger partial charge in [0.15, 0.2) is 0 Å². The summed E-state index contributed by atoms with van der Waals surface area (Å²) in [5, 5.41) is 10.0. The predicted octanol–water partition coefficient (Wildman–Crippen LogP) is 1.97. The SMILES string of the molecule is OC(CCN1CCCOCC1)c1ccc(F)cc1. The quantitative estimate of drug-likeness (QED) is 0.890. The topological polar surface area (TPSA) is 32.7 Å². The van der Waals surface area contributed by atoms with Gasteiger partial charge in [0.05, 0.1) is 12.7 Å². The molecule has 0 aromatic heterocycles. The zero-order valence-electron chi connectivity index (χ0n) is 10.5. The Morgan fingerprint density at radius 3 is 2.78 bits per heavy atom. The summed E-state index contributed by atoms with van der Waals surface area (Å²) in [5.41, 5.74) is 0.780. The Bertz CT molecular complexity index is 347. The molecule has 4 heteroatoms. The van der Waals surface area contributed by atoms with E-state index in [9.17, 15) is 9.50 Å². The highest BCUT2D eigenvalue weighted by molar-refractivity contribution is 5.18. The first-order valence-electron chi connectivity index (χ1n) is 6.49. The zero-order chi connectivity index (χ0) is 12.8. The van der Waals surface area contributed by atoms with E-state index in [4.69, 9.17) is 4.74 Å². The third kappa shape index (κ3) is 4.05. The van der Waals surface area contributed by atoms with Crippen LogP contribution in [0.4, 0.5) is 4.39 Å². The van der Waals surface area contributed by atoms with E-state index in [1.165, 1.54) is 12.1 Å². The van der Waals surface area contributed by atoms with Crippen LogP contribution in [0.2, 0.25) is 0 Å². The Morgan fingerprint density at radius 1 is 1.22 bits per heavy atom. The highest BCUT2D eigenvalue weighted by Crippen LogP contribution is 2.17. The van der Waals surface area contributed by atoms with Crippen molar-refractivity contribution in [3.63, 3.8) is 0 Å². The summed E-state index contributed by atoms with van der Waals surface area (Å²) >= 11 is 0. The van der Waals surface area contributed by atoms with Crippen LogP contribution in [0.1, 0.15) is 24.5 Å². The Balaban J connectivity index is 1.80. The number of rotatable bonds is 4. The minimum Gasteiger partial charge on any atom is -0.388 e. The summed E-state index contributed by atoms with van der Waals surface area (Å²) in [6.45, 7) is 4.40. The first kappa shape index (κ1) is 13.5. The molecular weight excluding hydrogens is 233 g/mol. The van der Waals surface area contributed by atoms with Gasteiger partial charge in [0.2, 0.25) is 0 Å².